The van der Waals surface area contributed by atoms with Crippen LogP contribution in [0.15, 0.2) is 45.9 Å². The third kappa shape index (κ3) is 4.21. The first-order valence-corrected chi connectivity index (χ1v) is 10.4. The van der Waals surface area contributed by atoms with Gasteiger partial charge in [0.15, 0.2) is 0 Å². The highest BCUT2D eigenvalue weighted by Gasteiger charge is 2.22. The van der Waals surface area contributed by atoms with Crippen molar-refractivity contribution in [2.75, 3.05) is 14.1 Å². The van der Waals surface area contributed by atoms with Crippen molar-refractivity contribution in [1.82, 2.24) is 14.1 Å². The summed E-state index contributed by atoms with van der Waals surface area (Å²) in [7, 11) is -0.866. The van der Waals surface area contributed by atoms with Crippen LogP contribution in [0.3, 0.4) is 0 Å². The molecule has 0 N–H and O–H groups in total. The van der Waals surface area contributed by atoms with Gasteiger partial charge in [-0.1, -0.05) is 11.6 Å². The van der Waals surface area contributed by atoms with Crippen LogP contribution < -0.4 is 0 Å². The molecule has 2 aromatic heterocycles. The summed E-state index contributed by atoms with van der Waals surface area (Å²) in [5, 5.41) is 4.76. The number of carbonyl (C=O) groups is 1. The van der Waals surface area contributed by atoms with Crippen molar-refractivity contribution in [1.29, 1.82) is 0 Å². The number of furan rings is 1. The number of aryl methyl sites for hydroxylation is 1. The molecule has 0 fully saturated rings. The molecule has 0 saturated heterocycles. The third-order valence-corrected chi connectivity index (χ3v) is 6.50. The molecule has 8 nitrogen and oxygen atoms in total. The van der Waals surface area contributed by atoms with Crippen molar-refractivity contribution in [2.24, 2.45) is 0 Å². The molecule has 0 atom stereocenters. The summed E-state index contributed by atoms with van der Waals surface area (Å²) in [6.07, 6.45) is 0. The fourth-order valence-corrected chi connectivity index (χ4v) is 3.52. The smallest absolute Gasteiger partial charge is 0.338 e. The van der Waals surface area contributed by atoms with Gasteiger partial charge in [0.2, 0.25) is 5.09 Å². The average Bonchev–Trinajstić information content (AvgIpc) is 3.27. The van der Waals surface area contributed by atoms with Gasteiger partial charge in [0, 0.05) is 14.1 Å². The predicted octanol–water partition coefficient (Wildman–Crippen LogP) is 3.34. The lowest BCUT2D eigenvalue weighted by Crippen LogP contribution is -2.21. The van der Waals surface area contributed by atoms with Crippen molar-refractivity contribution in [3.63, 3.8) is 0 Å². The zero-order valence-electron chi connectivity index (χ0n) is 16.3. The maximum atomic E-state index is 12.3. The number of hydrogen-bond acceptors (Lipinski definition) is 6. The number of halogens is 1. The SMILES string of the molecule is Cc1nn(-c2ccc(C(=O)OCc3ccc(S(=O)(=O)N(C)C)o3)cc2)c(C)c1Cl. The Bertz CT molecular complexity index is 1150. The molecule has 0 bridgehead atoms. The molecule has 0 radical (unpaired) electrons. The molecule has 0 spiro atoms. The van der Waals surface area contributed by atoms with E-state index < -0.39 is 16.0 Å². The Labute approximate surface area is 173 Å². The summed E-state index contributed by atoms with van der Waals surface area (Å²) in [4.78, 5) is 12.3. The van der Waals surface area contributed by atoms with Gasteiger partial charge in [0.25, 0.3) is 10.0 Å². The minimum Gasteiger partial charge on any atom is -0.454 e. The molecule has 0 unspecified atom stereocenters. The van der Waals surface area contributed by atoms with Crippen LogP contribution in [0.2, 0.25) is 5.02 Å². The maximum absolute atomic E-state index is 12.3. The first-order valence-electron chi connectivity index (χ1n) is 8.62. The van der Waals surface area contributed by atoms with Gasteiger partial charge in [-0.2, -0.15) is 5.10 Å². The molecule has 2 heterocycles. The molecule has 0 amide bonds. The number of rotatable bonds is 6. The Morgan fingerprint density at radius 1 is 1.17 bits per heavy atom. The van der Waals surface area contributed by atoms with Gasteiger partial charge in [-0.3, -0.25) is 0 Å². The van der Waals surface area contributed by atoms with E-state index in [2.05, 4.69) is 5.10 Å². The van der Waals surface area contributed by atoms with Crippen molar-refractivity contribution in [2.45, 2.75) is 25.5 Å². The Kier molecular flexibility index (Phi) is 5.83. The highest BCUT2D eigenvalue weighted by Crippen LogP contribution is 2.23. The lowest BCUT2D eigenvalue weighted by molar-refractivity contribution is 0.0440. The van der Waals surface area contributed by atoms with E-state index in [-0.39, 0.29) is 17.5 Å². The zero-order chi connectivity index (χ0) is 21.3. The Balaban J connectivity index is 1.67. The van der Waals surface area contributed by atoms with Crippen molar-refractivity contribution in [3.05, 3.63) is 64.1 Å². The summed E-state index contributed by atoms with van der Waals surface area (Å²) in [6, 6.07) is 9.49. The van der Waals surface area contributed by atoms with Crippen LogP contribution in [0.4, 0.5) is 0 Å². The van der Waals surface area contributed by atoms with E-state index >= 15 is 0 Å². The fourth-order valence-electron chi connectivity index (χ4n) is 2.59. The number of benzene rings is 1. The Morgan fingerprint density at radius 3 is 2.38 bits per heavy atom. The van der Waals surface area contributed by atoms with Gasteiger partial charge >= 0.3 is 5.97 Å². The average molecular weight is 438 g/mol. The lowest BCUT2D eigenvalue weighted by atomic mass is 10.2. The molecule has 29 heavy (non-hydrogen) atoms. The van der Waals surface area contributed by atoms with Crippen LogP contribution in [0.25, 0.3) is 5.69 Å². The van der Waals surface area contributed by atoms with Gasteiger partial charge in [-0.05, 0) is 50.2 Å². The molecule has 3 aromatic rings. The van der Waals surface area contributed by atoms with Gasteiger partial charge in [0.1, 0.15) is 12.4 Å². The van der Waals surface area contributed by atoms with Gasteiger partial charge in [0.05, 0.1) is 27.7 Å². The summed E-state index contributed by atoms with van der Waals surface area (Å²) >= 11 is 6.17. The number of ether oxygens (including phenoxy) is 1. The fraction of sp³-hybridized carbons (Fsp3) is 0.263. The molecule has 0 aliphatic heterocycles. The van der Waals surface area contributed by atoms with Crippen LogP contribution in [0.1, 0.15) is 27.5 Å². The number of nitrogens with zero attached hydrogens (tertiary/aromatic N) is 3. The number of carbonyl (C=O) groups excluding carboxylic acids is 1. The standard InChI is InChI=1S/C19H20ClN3O5S/c1-12-18(20)13(2)23(21-12)15-7-5-14(6-8-15)19(24)27-11-16-9-10-17(28-16)29(25,26)22(3)4/h5-10H,11H2,1-4H3. The van der Waals surface area contributed by atoms with Crippen molar-refractivity contribution < 1.29 is 22.4 Å². The second-order valence-electron chi connectivity index (χ2n) is 6.53. The van der Waals surface area contributed by atoms with E-state index in [1.807, 2.05) is 13.8 Å². The first-order chi connectivity index (χ1) is 13.6. The molecule has 0 aliphatic rings. The Morgan fingerprint density at radius 2 is 1.83 bits per heavy atom. The topological polar surface area (TPSA) is 94.6 Å². The van der Waals surface area contributed by atoms with E-state index in [1.165, 1.54) is 26.2 Å². The summed E-state index contributed by atoms with van der Waals surface area (Å²) in [5.41, 5.74) is 2.63. The minimum absolute atomic E-state index is 0.184. The van der Waals surface area contributed by atoms with E-state index in [9.17, 15) is 13.2 Å². The quantitative estimate of drug-likeness (QED) is 0.549. The molecular formula is C19H20ClN3O5S. The monoisotopic (exact) mass is 437 g/mol. The lowest BCUT2D eigenvalue weighted by Gasteiger charge is -2.08. The molecule has 0 aliphatic carbocycles. The number of hydrogen-bond donors (Lipinski definition) is 0. The summed E-state index contributed by atoms with van der Waals surface area (Å²) in [6.45, 7) is 3.50. The molecule has 0 saturated carbocycles. The largest absolute Gasteiger partial charge is 0.454 e. The number of sulfonamides is 1. The molecule has 1 aromatic carbocycles. The first kappa shape index (κ1) is 21.1. The maximum Gasteiger partial charge on any atom is 0.338 e. The van der Waals surface area contributed by atoms with Crippen molar-refractivity contribution >= 4 is 27.6 Å². The molecule has 10 heteroatoms. The second-order valence-corrected chi connectivity index (χ2v) is 8.99. The molecule has 154 valence electrons. The molecule has 3 rings (SSSR count). The van der Waals surface area contributed by atoms with E-state index in [0.29, 0.717) is 10.6 Å². The minimum atomic E-state index is -3.67. The van der Waals surface area contributed by atoms with E-state index in [0.717, 1.165) is 21.4 Å². The second kappa shape index (κ2) is 8.02. The Hall–Kier alpha value is -2.62. The van der Waals surface area contributed by atoms with Crippen LogP contribution in [0.5, 0.6) is 0 Å². The van der Waals surface area contributed by atoms with Gasteiger partial charge < -0.3 is 9.15 Å². The zero-order valence-corrected chi connectivity index (χ0v) is 17.9. The highest BCUT2D eigenvalue weighted by molar-refractivity contribution is 7.88. The van der Waals surface area contributed by atoms with Crippen LogP contribution in [-0.4, -0.2) is 42.6 Å². The third-order valence-electron chi connectivity index (χ3n) is 4.27. The van der Waals surface area contributed by atoms with Crippen LogP contribution in [-0.2, 0) is 21.4 Å². The van der Waals surface area contributed by atoms with Crippen LogP contribution >= 0.6 is 11.6 Å². The van der Waals surface area contributed by atoms with E-state index in [1.54, 1.807) is 28.9 Å². The predicted molar refractivity (Wildman–Crippen MR) is 107 cm³/mol. The van der Waals surface area contributed by atoms with Gasteiger partial charge in [-0.25, -0.2) is 22.2 Å². The summed E-state index contributed by atoms with van der Waals surface area (Å²) < 4.78 is 37.2. The van der Waals surface area contributed by atoms with E-state index in [4.69, 9.17) is 20.8 Å². The van der Waals surface area contributed by atoms with Crippen molar-refractivity contribution in [3.8, 4) is 5.69 Å². The molecular weight excluding hydrogens is 418 g/mol. The number of esters is 1. The number of aromatic nitrogens is 2. The van der Waals surface area contributed by atoms with Gasteiger partial charge in [-0.15, -0.1) is 0 Å². The summed E-state index contributed by atoms with van der Waals surface area (Å²) in [5.74, 6) is -0.330. The highest BCUT2D eigenvalue weighted by atomic mass is 35.5. The van der Waals surface area contributed by atoms with Crippen LogP contribution in [0, 0.1) is 13.8 Å². The normalized spacial score (nSPS) is 11.8.